The minimum Gasteiger partial charge on any atom is -0.320 e. The van der Waals surface area contributed by atoms with Gasteiger partial charge in [-0.05, 0) is 29.4 Å². The van der Waals surface area contributed by atoms with Gasteiger partial charge in [0.15, 0.2) is 9.84 Å². The Bertz CT molecular complexity index is 924. The monoisotopic (exact) mass is 419 g/mol. The van der Waals surface area contributed by atoms with Crippen LogP contribution in [-0.4, -0.2) is 48.5 Å². The molecular formula is C21H29N3O4S. The molecule has 29 heavy (non-hydrogen) atoms. The standard InChI is InChI=1S/C21H29N3O4S/c1-13(2)16-6-5-7-17(14(3)4)20(16)22-21(26)18-8-9-19(25)24(23-18)15-10-11-29(27,28)12-15/h5-7,13-15H,8-12H2,1-4H3,(H,22,26)/t15-/m0/s1. The van der Waals surface area contributed by atoms with E-state index in [-0.39, 0.29) is 53.7 Å². The molecule has 0 unspecified atom stereocenters. The Hall–Kier alpha value is -2.22. The first kappa shape index (κ1) is 21.5. The predicted molar refractivity (Wildman–Crippen MR) is 114 cm³/mol. The lowest BCUT2D eigenvalue weighted by Gasteiger charge is -2.28. The molecule has 0 radical (unpaired) electrons. The summed E-state index contributed by atoms with van der Waals surface area (Å²) in [6.07, 6.45) is 0.771. The molecule has 2 amide bonds. The van der Waals surface area contributed by atoms with E-state index in [4.69, 9.17) is 0 Å². The molecule has 158 valence electrons. The van der Waals surface area contributed by atoms with Crippen LogP contribution < -0.4 is 5.32 Å². The van der Waals surface area contributed by atoms with Crippen molar-refractivity contribution in [3.63, 3.8) is 0 Å². The number of rotatable bonds is 5. The van der Waals surface area contributed by atoms with Gasteiger partial charge in [-0.2, -0.15) is 5.10 Å². The van der Waals surface area contributed by atoms with Gasteiger partial charge >= 0.3 is 0 Å². The van der Waals surface area contributed by atoms with Crippen molar-refractivity contribution in [2.75, 3.05) is 16.8 Å². The quantitative estimate of drug-likeness (QED) is 0.793. The van der Waals surface area contributed by atoms with Crippen molar-refractivity contribution in [3.8, 4) is 0 Å². The van der Waals surface area contributed by atoms with Crippen LogP contribution in [0.2, 0.25) is 0 Å². The zero-order chi connectivity index (χ0) is 21.3. The molecule has 2 aliphatic rings. The maximum Gasteiger partial charge on any atom is 0.271 e. The smallest absolute Gasteiger partial charge is 0.271 e. The summed E-state index contributed by atoms with van der Waals surface area (Å²) in [5, 5.41) is 8.53. The molecule has 0 aliphatic carbocycles. The van der Waals surface area contributed by atoms with Crippen LogP contribution in [0.1, 0.15) is 69.9 Å². The second-order valence-electron chi connectivity index (χ2n) is 8.42. The van der Waals surface area contributed by atoms with Crippen molar-refractivity contribution in [3.05, 3.63) is 29.3 Å². The second kappa shape index (κ2) is 8.26. The molecule has 1 N–H and O–H groups in total. The normalized spacial score (nSPS) is 21.6. The summed E-state index contributed by atoms with van der Waals surface area (Å²) in [4.78, 5) is 25.3. The van der Waals surface area contributed by atoms with Crippen molar-refractivity contribution in [2.24, 2.45) is 5.10 Å². The fraction of sp³-hybridized carbons (Fsp3) is 0.571. The molecule has 0 bridgehead atoms. The molecule has 2 aliphatic heterocycles. The molecule has 7 nitrogen and oxygen atoms in total. The Balaban J connectivity index is 1.88. The predicted octanol–water partition coefficient (Wildman–Crippen LogP) is 3.04. The number of benzene rings is 1. The molecule has 8 heteroatoms. The van der Waals surface area contributed by atoms with E-state index in [1.54, 1.807) is 0 Å². The van der Waals surface area contributed by atoms with Crippen LogP contribution in [0.3, 0.4) is 0 Å². The summed E-state index contributed by atoms with van der Waals surface area (Å²) < 4.78 is 23.6. The van der Waals surface area contributed by atoms with Crippen LogP contribution in [0.5, 0.6) is 0 Å². The van der Waals surface area contributed by atoms with Gasteiger partial charge < -0.3 is 5.32 Å². The lowest BCUT2D eigenvalue weighted by molar-refractivity contribution is -0.133. The number of para-hydroxylation sites is 1. The van der Waals surface area contributed by atoms with Crippen molar-refractivity contribution in [1.82, 2.24) is 5.01 Å². The Kier molecular flexibility index (Phi) is 6.12. The average molecular weight is 420 g/mol. The van der Waals surface area contributed by atoms with E-state index in [0.29, 0.717) is 6.42 Å². The maximum atomic E-state index is 13.0. The largest absolute Gasteiger partial charge is 0.320 e. The van der Waals surface area contributed by atoms with Crippen molar-refractivity contribution < 1.29 is 18.0 Å². The Morgan fingerprint density at radius 2 is 1.76 bits per heavy atom. The number of anilines is 1. The van der Waals surface area contributed by atoms with Gasteiger partial charge in [0.1, 0.15) is 5.71 Å². The summed E-state index contributed by atoms with van der Waals surface area (Å²) in [5.41, 5.74) is 3.17. The summed E-state index contributed by atoms with van der Waals surface area (Å²) in [6, 6.07) is 5.53. The van der Waals surface area contributed by atoms with Gasteiger partial charge in [-0.3, -0.25) is 9.59 Å². The first-order valence-electron chi connectivity index (χ1n) is 10.1. The highest BCUT2D eigenvalue weighted by molar-refractivity contribution is 7.91. The number of carbonyl (C=O) groups is 2. The van der Waals surface area contributed by atoms with E-state index < -0.39 is 15.9 Å². The van der Waals surface area contributed by atoms with Crippen LogP contribution in [0.15, 0.2) is 23.3 Å². The molecule has 3 rings (SSSR count). The first-order chi connectivity index (χ1) is 13.6. The van der Waals surface area contributed by atoms with E-state index in [0.717, 1.165) is 16.8 Å². The maximum absolute atomic E-state index is 13.0. The number of nitrogens with zero attached hydrogens (tertiary/aromatic N) is 2. The molecule has 1 aromatic carbocycles. The van der Waals surface area contributed by atoms with E-state index in [1.165, 1.54) is 5.01 Å². The third-order valence-electron chi connectivity index (χ3n) is 5.49. The van der Waals surface area contributed by atoms with Crippen LogP contribution >= 0.6 is 0 Å². The Labute approximate surface area is 172 Å². The van der Waals surface area contributed by atoms with Gasteiger partial charge in [0.05, 0.1) is 17.5 Å². The first-order valence-corrected chi connectivity index (χ1v) is 12.0. The lowest BCUT2D eigenvalue weighted by Crippen LogP contribution is -2.42. The lowest BCUT2D eigenvalue weighted by atomic mass is 9.92. The molecule has 0 saturated carbocycles. The Morgan fingerprint density at radius 3 is 2.28 bits per heavy atom. The highest BCUT2D eigenvalue weighted by Gasteiger charge is 2.37. The number of nitrogens with one attached hydrogen (secondary N) is 1. The second-order valence-corrected chi connectivity index (χ2v) is 10.6. The number of carbonyl (C=O) groups excluding carboxylic acids is 2. The molecule has 2 heterocycles. The molecule has 1 saturated heterocycles. The van der Waals surface area contributed by atoms with E-state index in [2.05, 4.69) is 38.1 Å². The highest BCUT2D eigenvalue weighted by Crippen LogP contribution is 2.32. The molecule has 0 aromatic heterocycles. The topological polar surface area (TPSA) is 95.9 Å². The van der Waals surface area contributed by atoms with Crippen molar-refractivity contribution >= 4 is 33.1 Å². The summed E-state index contributed by atoms with van der Waals surface area (Å²) in [6.45, 7) is 8.31. The van der Waals surface area contributed by atoms with E-state index in [9.17, 15) is 18.0 Å². The van der Waals surface area contributed by atoms with Gasteiger partial charge in [-0.25, -0.2) is 13.4 Å². The van der Waals surface area contributed by atoms with E-state index in [1.807, 2.05) is 18.2 Å². The van der Waals surface area contributed by atoms with Gasteiger partial charge in [0.25, 0.3) is 5.91 Å². The van der Waals surface area contributed by atoms with Gasteiger partial charge in [-0.1, -0.05) is 45.9 Å². The van der Waals surface area contributed by atoms with Gasteiger partial charge in [0.2, 0.25) is 5.91 Å². The average Bonchev–Trinajstić information content (AvgIpc) is 3.01. The van der Waals surface area contributed by atoms with E-state index >= 15 is 0 Å². The van der Waals surface area contributed by atoms with Crippen LogP contribution in [0.25, 0.3) is 0 Å². The van der Waals surface area contributed by atoms with Crippen LogP contribution in [0, 0.1) is 0 Å². The van der Waals surface area contributed by atoms with Crippen molar-refractivity contribution in [1.29, 1.82) is 0 Å². The summed E-state index contributed by atoms with van der Waals surface area (Å²) in [5.74, 6) is -0.131. The number of amides is 2. The summed E-state index contributed by atoms with van der Waals surface area (Å²) in [7, 11) is -3.15. The minimum atomic E-state index is -3.15. The molecular weight excluding hydrogens is 390 g/mol. The number of hydrogen-bond donors (Lipinski definition) is 1. The highest BCUT2D eigenvalue weighted by atomic mass is 32.2. The van der Waals surface area contributed by atoms with Crippen LogP contribution in [0.4, 0.5) is 5.69 Å². The SMILES string of the molecule is CC(C)c1cccc(C(C)C)c1NC(=O)C1=NN([C@H]2CCS(=O)(=O)C2)C(=O)CC1. The third kappa shape index (κ3) is 4.69. The Morgan fingerprint density at radius 1 is 1.14 bits per heavy atom. The van der Waals surface area contributed by atoms with Crippen molar-refractivity contribution in [2.45, 2.75) is 64.8 Å². The molecule has 0 spiro atoms. The minimum absolute atomic E-state index is 0.0536. The number of hydrogen-bond acceptors (Lipinski definition) is 5. The fourth-order valence-electron chi connectivity index (χ4n) is 3.87. The molecule has 1 atom stereocenters. The zero-order valence-corrected chi connectivity index (χ0v) is 18.3. The fourth-order valence-corrected chi connectivity index (χ4v) is 5.56. The van der Waals surface area contributed by atoms with Crippen LogP contribution in [-0.2, 0) is 19.4 Å². The van der Waals surface area contributed by atoms with Gasteiger partial charge in [-0.15, -0.1) is 0 Å². The number of hydrazone groups is 1. The third-order valence-corrected chi connectivity index (χ3v) is 7.24. The van der Waals surface area contributed by atoms with Gasteiger partial charge in [0, 0.05) is 18.5 Å². The molecule has 1 aromatic rings. The molecule has 1 fully saturated rings. The summed E-state index contributed by atoms with van der Waals surface area (Å²) >= 11 is 0. The number of sulfone groups is 1. The zero-order valence-electron chi connectivity index (χ0n) is 17.4.